The Bertz CT molecular complexity index is 377. The van der Waals surface area contributed by atoms with Gasteiger partial charge in [-0.3, -0.25) is 4.79 Å². The number of benzene rings is 1. The van der Waals surface area contributed by atoms with E-state index in [9.17, 15) is 4.79 Å². The number of nitrogens with two attached hydrogens (primary N) is 1. The molecular formula is C12H17ClN2O. The fourth-order valence-corrected chi connectivity index (χ4v) is 1.68. The molecule has 3 nitrogen and oxygen atoms in total. The number of anilines is 1. The second kappa shape index (κ2) is 5.21. The molecule has 1 aliphatic carbocycles. The summed E-state index contributed by atoms with van der Waals surface area (Å²) in [7, 11) is 0. The molecule has 4 heteroatoms. The lowest BCUT2D eigenvalue weighted by molar-refractivity contribution is 0.0936. The van der Waals surface area contributed by atoms with E-state index in [1.807, 2.05) is 0 Å². The highest BCUT2D eigenvalue weighted by Gasteiger charge is 2.28. The first-order chi connectivity index (χ1) is 7.16. The van der Waals surface area contributed by atoms with Gasteiger partial charge in [-0.1, -0.05) is 6.07 Å². The van der Waals surface area contributed by atoms with Crippen molar-refractivity contribution in [3.8, 4) is 0 Å². The highest BCUT2D eigenvalue weighted by molar-refractivity contribution is 5.95. The van der Waals surface area contributed by atoms with Crippen molar-refractivity contribution in [2.24, 2.45) is 5.92 Å². The fourth-order valence-electron chi connectivity index (χ4n) is 1.68. The lowest BCUT2D eigenvalue weighted by atomic mass is 10.1. The number of halogens is 1. The Morgan fingerprint density at radius 3 is 2.75 bits per heavy atom. The molecule has 0 radical (unpaired) electrons. The smallest absolute Gasteiger partial charge is 0.251 e. The van der Waals surface area contributed by atoms with E-state index in [1.165, 1.54) is 12.8 Å². The maximum atomic E-state index is 11.8. The van der Waals surface area contributed by atoms with Crippen LogP contribution in [0.15, 0.2) is 24.3 Å². The number of nitrogen functional groups attached to an aromatic ring is 1. The summed E-state index contributed by atoms with van der Waals surface area (Å²) in [6, 6.07) is 7.34. The number of nitrogens with one attached hydrogen (secondary N) is 1. The summed E-state index contributed by atoms with van der Waals surface area (Å²) in [5.41, 5.74) is 6.89. The van der Waals surface area contributed by atoms with Gasteiger partial charge in [0.15, 0.2) is 0 Å². The number of hydrogen-bond acceptors (Lipinski definition) is 2. The first kappa shape index (κ1) is 12.8. The van der Waals surface area contributed by atoms with Gasteiger partial charge in [-0.2, -0.15) is 0 Å². The third kappa shape index (κ3) is 3.14. The number of amides is 1. The normalized spacial score (nSPS) is 16.1. The molecule has 3 N–H and O–H groups in total. The fraction of sp³-hybridized carbons (Fsp3) is 0.417. The standard InChI is InChI=1S/C12H16N2O.ClH/c1-8(9-5-6-9)14-12(15)10-3-2-4-11(13)7-10;/h2-4,7-9H,5-6,13H2,1H3,(H,14,15);1H. The summed E-state index contributed by atoms with van der Waals surface area (Å²) in [6.07, 6.45) is 2.47. The first-order valence-corrected chi connectivity index (χ1v) is 5.33. The van der Waals surface area contributed by atoms with Gasteiger partial charge in [0.25, 0.3) is 5.91 Å². The van der Waals surface area contributed by atoms with Crippen molar-refractivity contribution in [3.05, 3.63) is 29.8 Å². The van der Waals surface area contributed by atoms with E-state index in [1.54, 1.807) is 24.3 Å². The quantitative estimate of drug-likeness (QED) is 0.796. The summed E-state index contributed by atoms with van der Waals surface area (Å²) < 4.78 is 0. The summed E-state index contributed by atoms with van der Waals surface area (Å²) >= 11 is 0. The molecule has 1 atom stereocenters. The van der Waals surface area contributed by atoms with Crippen molar-refractivity contribution < 1.29 is 4.79 Å². The van der Waals surface area contributed by atoms with Crippen molar-refractivity contribution >= 4 is 24.0 Å². The molecule has 0 aliphatic heterocycles. The Morgan fingerprint density at radius 2 is 2.19 bits per heavy atom. The molecule has 1 fully saturated rings. The first-order valence-electron chi connectivity index (χ1n) is 5.33. The zero-order chi connectivity index (χ0) is 10.8. The van der Waals surface area contributed by atoms with E-state index < -0.39 is 0 Å². The Labute approximate surface area is 102 Å². The van der Waals surface area contributed by atoms with Crippen molar-refractivity contribution in [1.29, 1.82) is 0 Å². The largest absolute Gasteiger partial charge is 0.399 e. The second-order valence-corrected chi connectivity index (χ2v) is 4.23. The SMILES string of the molecule is CC(NC(=O)c1cccc(N)c1)C1CC1.Cl. The zero-order valence-corrected chi connectivity index (χ0v) is 10.1. The van der Waals surface area contributed by atoms with Gasteiger partial charge in [0.05, 0.1) is 0 Å². The maximum Gasteiger partial charge on any atom is 0.251 e. The van der Waals surface area contributed by atoms with Crippen LogP contribution >= 0.6 is 12.4 Å². The molecule has 1 amide bonds. The van der Waals surface area contributed by atoms with Crippen LogP contribution in [0.4, 0.5) is 5.69 Å². The van der Waals surface area contributed by atoms with Crippen LogP contribution in [0.3, 0.4) is 0 Å². The zero-order valence-electron chi connectivity index (χ0n) is 9.27. The van der Waals surface area contributed by atoms with Gasteiger partial charge in [0, 0.05) is 17.3 Å². The van der Waals surface area contributed by atoms with E-state index in [0.717, 1.165) is 0 Å². The van der Waals surface area contributed by atoms with Crippen molar-refractivity contribution in [1.82, 2.24) is 5.32 Å². The molecule has 0 spiro atoms. The molecule has 0 aromatic heterocycles. The third-order valence-electron chi connectivity index (χ3n) is 2.84. The third-order valence-corrected chi connectivity index (χ3v) is 2.84. The van der Waals surface area contributed by atoms with Crippen LogP contribution in [0.5, 0.6) is 0 Å². The molecule has 2 rings (SSSR count). The summed E-state index contributed by atoms with van der Waals surface area (Å²) in [6.45, 7) is 2.06. The Balaban J connectivity index is 0.00000128. The van der Waals surface area contributed by atoms with Crippen LogP contribution in [0.25, 0.3) is 0 Å². The number of carbonyl (C=O) groups excluding carboxylic acids is 1. The van der Waals surface area contributed by atoms with Gasteiger partial charge >= 0.3 is 0 Å². The highest BCUT2D eigenvalue weighted by Crippen LogP contribution is 2.32. The lowest BCUT2D eigenvalue weighted by Crippen LogP contribution is -2.33. The monoisotopic (exact) mass is 240 g/mol. The Morgan fingerprint density at radius 1 is 1.50 bits per heavy atom. The van der Waals surface area contributed by atoms with Crippen LogP contribution in [-0.4, -0.2) is 11.9 Å². The van der Waals surface area contributed by atoms with Crippen molar-refractivity contribution in [2.75, 3.05) is 5.73 Å². The van der Waals surface area contributed by atoms with E-state index in [0.29, 0.717) is 17.2 Å². The molecule has 1 aliphatic rings. The minimum Gasteiger partial charge on any atom is -0.399 e. The molecule has 1 saturated carbocycles. The Hall–Kier alpha value is -1.22. The minimum absolute atomic E-state index is 0. The highest BCUT2D eigenvalue weighted by atomic mass is 35.5. The van der Waals surface area contributed by atoms with E-state index in [4.69, 9.17) is 5.73 Å². The van der Waals surface area contributed by atoms with Crippen molar-refractivity contribution in [3.63, 3.8) is 0 Å². The van der Waals surface area contributed by atoms with Crippen LogP contribution in [0, 0.1) is 5.92 Å². The van der Waals surface area contributed by atoms with Gasteiger partial charge in [-0.05, 0) is 43.9 Å². The average molecular weight is 241 g/mol. The number of carbonyl (C=O) groups is 1. The molecule has 1 aromatic rings. The molecule has 0 bridgehead atoms. The predicted octanol–water partition coefficient (Wildman–Crippen LogP) is 2.22. The van der Waals surface area contributed by atoms with Crippen LogP contribution < -0.4 is 11.1 Å². The molecular weight excluding hydrogens is 224 g/mol. The topological polar surface area (TPSA) is 55.1 Å². The Kier molecular flexibility index (Phi) is 4.19. The van der Waals surface area contributed by atoms with Gasteiger partial charge < -0.3 is 11.1 Å². The van der Waals surface area contributed by atoms with Crippen molar-refractivity contribution in [2.45, 2.75) is 25.8 Å². The van der Waals surface area contributed by atoms with Crippen LogP contribution in [0.1, 0.15) is 30.1 Å². The number of rotatable bonds is 3. The van der Waals surface area contributed by atoms with E-state index in [2.05, 4.69) is 12.2 Å². The lowest BCUT2D eigenvalue weighted by Gasteiger charge is -2.12. The number of hydrogen-bond donors (Lipinski definition) is 2. The summed E-state index contributed by atoms with van der Waals surface area (Å²) in [5, 5.41) is 2.99. The van der Waals surface area contributed by atoms with Crippen LogP contribution in [0.2, 0.25) is 0 Å². The van der Waals surface area contributed by atoms with Gasteiger partial charge in [0.1, 0.15) is 0 Å². The molecule has 0 heterocycles. The van der Waals surface area contributed by atoms with E-state index in [-0.39, 0.29) is 24.4 Å². The molecule has 1 aromatic carbocycles. The molecule has 88 valence electrons. The second-order valence-electron chi connectivity index (χ2n) is 4.23. The predicted molar refractivity (Wildman–Crippen MR) is 67.8 cm³/mol. The van der Waals surface area contributed by atoms with Crippen LogP contribution in [-0.2, 0) is 0 Å². The molecule has 16 heavy (non-hydrogen) atoms. The minimum atomic E-state index is -0.0262. The average Bonchev–Trinajstić information content (AvgIpc) is 3.00. The van der Waals surface area contributed by atoms with Gasteiger partial charge in [0.2, 0.25) is 0 Å². The molecule has 0 saturated heterocycles. The summed E-state index contributed by atoms with van der Waals surface area (Å²) in [5.74, 6) is 0.650. The van der Waals surface area contributed by atoms with Gasteiger partial charge in [-0.15, -0.1) is 12.4 Å². The molecule has 1 unspecified atom stereocenters. The summed E-state index contributed by atoms with van der Waals surface area (Å²) in [4.78, 5) is 11.8. The van der Waals surface area contributed by atoms with E-state index >= 15 is 0 Å². The maximum absolute atomic E-state index is 11.8. The van der Waals surface area contributed by atoms with Gasteiger partial charge in [-0.25, -0.2) is 0 Å².